The molecular weight excluding hydrogens is 349 g/mol. The number of likely N-dealkylation sites (tertiary alicyclic amines) is 1. The minimum absolute atomic E-state index is 0.0880. The Labute approximate surface area is 151 Å². The van der Waals surface area contributed by atoms with E-state index in [0.717, 1.165) is 0 Å². The molecule has 0 spiro atoms. The van der Waals surface area contributed by atoms with Gasteiger partial charge in [0, 0.05) is 13.1 Å². The topological polar surface area (TPSA) is 66.8 Å². The third-order valence-electron chi connectivity index (χ3n) is 4.23. The van der Waals surface area contributed by atoms with Crippen molar-refractivity contribution < 1.29 is 23.8 Å². The van der Waals surface area contributed by atoms with E-state index in [4.69, 9.17) is 16.3 Å². The fourth-order valence-corrected chi connectivity index (χ4v) is 3.25. The maximum Gasteiger partial charge on any atom is 0.410 e. The van der Waals surface area contributed by atoms with Gasteiger partial charge in [-0.1, -0.05) is 17.7 Å². The van der Waals surface area contributed by atoms with Crippen LogP contribution in [0.25, 0.3) is 0 Å². The number of amides is 1. The van der Waals surface area contributed by atoms with Gasteiger partial charge in [-0.2, -0.15) is 0 Å². The van der Waals surface area contributed by atoms with E-state index in [0.29, 0.717) is 31.5 Å². The van der Waals surface area contributed by atoms with Crippen LogP contribution in [0.3, 0.4) is 0 Å². The van der Waals surface area contributed by atoms with Crippen LogP contribution in [0.1, 0.15) is 45.1 Å². The van der Waals surface area contributed by atoms with Crippen molar-refractivity contribution in [2.75, 3.05) is 13.1 Å². The van der Waals surface area contributed by atoms with Gasteiger partial charge in [0.15, 0.2) is 0 Å². The molecule has 1 aromatic carbocycles. The summed E-state index contributed by atoms with van der Waals surface area (Å²) in [4.78, 5) is 25.5. The Morgan fingerprint density at radius 1 is 1.32 bits per heavy atom. The molecule has 1 unspecified atom stereocenters. The number of carbonyl (C=O) groups is 2. The van der Waals surface area contributed by atoms with E-state index in [1.807, 2.05) is 0 Å². The molecule has 25 heavy (non-hydrogen) atoms. The zero-order valence-corrected chi connectivity index (χ0v) is 15.3. The van der Waals surface area contributed by atoms with Gasteiger partial charge in [0.1, 0.15) is 11.4 Å². The minimum atomic E-state index is -0.974. The van der Waals surface area contributed by atoms with Gasteiger partial charge in [-0.3, -0.25) is 4.79 Å². The van der Waals surface area contributed by atoms with Crippen LogP contribution in [0.15, 0.2) is 18.2 Å². The third-order valence-corrected chi connectivity index (χ3v) is 4.52. The Balaban J connectivity index is 2.07. The number of ether oxygens (including phenoxy) is 1. The smallest absolute Gasteiger partial charge is 0.410 e. The Morgan fingerprint density at radius 3 is 2.40 bits per heavy atom. The standard InChI is InChI=1S/C18H23ClFNO4/c1-18(2,3)25-17(24)21-8-6-11(7-9-21)15(16(22)23)12-4-5-14(20)13(19)10-12/h4-5,10-11,15H,6-9H2,1-3H3,(H,22,23). The molecule has 1 saturated heterocycles. The minimum Gasteiger partial charge on any atom is -0.481 e. The van der Waals surface area contributed by atoms with E-state index in [1.165, 1.54) is 18.2 Å². The average Bonchev–Trinajstić information content (AvgIpc) is 2.49. The molecule has 1 fully saturated rings. The van der Waals surface area contributed by atoms with Crippen molar-refractivity contribution in [3.05, 3.63) is 34.6 Å². The lowest BCUT2D eigenvalue weighted by Crippen LogP contribution is -2.43. The molecule has 1 heterocycles. The summed E-state index contributed by atoms with van der Waals surface area (Å²) < 4.78 is 18.7. The number of halogens is 2. The molecule has 5 nitrogen and oxygen atoms in total. The van der Waals surface area contributed by atoms with Crippen LogP contribution < -0.4 is 0 Å². The second-order valence-electron chi connectivity index (χ2n) is 7.29. The highest BCUT2D eigenvalue weighted by atomic mass is 35.5. The van der Waals surface area contributed by atoms with E-state index in [9.17, 15) is 19.1 Å². The average molecular weight is 372 g/mol. The van der Waals surface area contributed by atoms with E-state index in [2.05, 4.69) is 0 Å². The molecule has 1 aliphatic rings. The zero-order chi connectivity index (χ0) is 18.8. The predicted molar refractivity (Wildman–Crippen MR) is 92.3 cm³/mol. The van der Waals surface area contributed by atoms with Crippen LogP contribution >= 0.6 is 11.6 Å². The van der Waals surface area contributed by atoms with Gasteiger partial charge in [-0.15, -0.1) is 0 Å². The fourth-order valence-electron chi connectivity index (χ4n) is 3.06. The van der Waals surface area contributed by atoms with Crippen molar-refractivity contribution in [3.8, 4) is 0 Å². The van der Waals surface area contributed by atoms with Crippen molar-refractivity contribution in [2.24, 2.45) is 5.92 Å². The zero-order valence-electron chi connectivity index (χ0n) is 14.6. The molecule has 0 aromatic heterocycles. The molecule has 0 radical (unpaired) electrons. The highest BCUT2D eigenvalue weighted by Crippen LogP contribution is 2.35. The molecule has 7 heteroatoms. The van der Waals surface area contributed by atoms with Crippen LogP contribution in [0.2, 0.25) is 5.02 Å². The van der Waals surface area contributed by atoms with E-state index < -0.39 is 23.3 Å². The maximum absolute atomic E-state index is 13.3. The number of aliphatic carboxylic acids is 1. The fraction of sp³-hybridized carbons (Fsp3) is 0.556. The Hall–Kier alpha value is -1.82. The lowest BCUT2D eigenvalue weighted by Gasteiger charge is -2.35. The normalized spacial score (nSPS) is 17.2. The monoisotopic (exact) mass is 371 g/mol. The van der Waals surface area contributed by atoms with Crippen LogP contribution in [-0.4, -0.2) is 40.8 Å². The molecule has 1 aliphatic heterocycles. The Morgan fingerprint density at radius 2 is 1.92 bits per heavy atom. The number of benzene rings is 1. The molecule has 1 amide bonds. The molecule has 1 N–H and O–H groups in total. The lowest BCUT2D eigenvalue weighted by molar-refractivity contribution is -0.140. The molecule has 0 bridgehead atoms. The second-order valence-corrected chi connectivity index (χ2v) is 7.70. The van der Waals surface area contributed by atoms with Crippen LogP contribution in [0.5, 0.6) is 0 Å². The number of hydrogen-bond acceptors (Lipinski definition) is 3. The van der Waals surface area contributed by atoms with Crippen molar-refractivity contribution in [2.45, 2.75) is 45.1 Å². The van der Waals surface area contributed by atoms with Crippen LogP contribution in [0, 0.1) is 11.7 Å². The van der Waals surface area contributed by atoms with Gasteiger partial charge in [-0.25, -0.2) is 9.18 Å². The summed E-state index contributed by atoms with van der Waals surface area (Å²) in [6.45, 7) is 6.26. The number of carboxylic acid groups (broad SMARTS) is 1. The summed E-state index contributed by atoms with van der Waals surface area (Å²) in [5.41, 5.74) is -0.0859. The molecule has 0 aliphatic carbocycles. The van der Waals surface area contributed by atoms with Gasteiger partial charge in [0.25, 0.3) is 0 Å². The summed E-state index contributed by atoms with van der Waals surface area (Å²) in [5, 5.41) is 9.54. The number of nitrogens with zero attached hydrogens (tertiary/aromatic N) is 1. The number of rotatable bonds is 3. The van der Waals surface area contributed by atoms with Crippen LogP contribution in [-0.2, 0) is 9.53 Å². The van der Waals surface area contributed by atoms with Crippen molar-refractivity contribution in [1.82, 2.24) is 4.90 Å². The van der Waals surface area contributed by atoms with Crippen molar-refractivity contribution in [3.63, 3.8) is 0 Å². The maximum atomic E-state index is 13.3. The first-order valence-electron chi connectivity index (χ1n) is 8.24. The van der Waals surface area contributed by atoms with E-state index in [1.54, 1.807) is 25.7 Å². The lowest BCUT2D eigenvalue weighted by atomic mass is 9.80. The van der Waals surface area contributed by atoms with Crippen molar-refractivity contribution >= 4 is 23.7 Å². The molecule has 1 aromatic rings. The number of carbonyl (C=O) groups excluding carboxylic acids is 1. The van der Waals surface area contributed by atoms with E-state index in [-0.39, 0.29) is 17.0 Å². The predicted octanol–water partition coefficient (Wildman–Crippen LogP) is 4.29. The third kappa shape index (κ3) is 5.08. The summed E-state index contributed by atoms with van der Waals surface area (Å²) in [6, 6.07) is 4.01. The summed E-state index contributed by atoms with van der Waals surface area (Å²) in [7, 11) is 0. The summed E-state index contributed by atoms with van der Waals surface area (Å²) >= 11 is 5.79. The summed E-state index contributed by atoms with van der Waals surface area (Å²) in [6.07, 6.45) is 0.679. The van der Waals surface area contributed by atoms with Gasteiger partial charge < -0.3 is 14.7 Å². The molecule has 0 saturated carbocycles. The van der Waals surface area contributed by atoms with Crippen LogP contribution in [0.4, 0.5) is 9.18 Å². The van der Waals surface area contributed by atoms with E-state index >= 15 is 0 Å². The second kappa shape index (κ2) is 7.60. The first-order chi connectivity index (χ1) is 11.6. The number of carboxylic acids is 1. The molecular formula is C18H23ClFNO4. The Bertz CT molecular complexity index is 651. The van der Waals surface area contributed by atoms with Gasteiger partial charge in [0.05, 0.1) is 10.9 Å². The first-order valence-corrected chi connectivity index (χ1v) is 8.62. The number of hydrogen-bond donors (Lipinski definition) is 1. The highest BCUT2D eigenvalue weighted by molar-refractivity contribution is 6.30. The van der Waals surface area contributed by atoms with Gasteiger partial charge in [-0.05, 0) is 57.2 Å². The largest absolute Gasteiger partial charge is 0.481 e. The first kappa shape index (κ1) is 19.5. The quantitative estimate of drug-likeness (QED) is 0.860. The van der Waals surface area contributed by atoms with Gasteiger partial charge in [0.2, 0.25) is 0 Å². The van der Waals surface area contributed by atoms with Gasteiger partial charge >= 0.3 is 12.1 Å². The highest BCUT2D eigenvalue weighted by Gasteiger charge is 2.35. The SMILES string of the molecule is CC(C)(C)OC(=O)N1CCC(C(C(=O)O)c2ccc(F)c(Cl)c2)CC1. The summed E-state index contributed by atoms with van der Waals surface area (Å²) in [5.74, 6) is -2.48. The molecule has 138 valence electrons. The molecule has 1 atom stereocenters. The van der Waals surface area contributed by atoms with Crippen molar-refractivity contribution in [1.29, 1.82) is 0 Å². The molecule has 2 rings (SSSR count). The Kier molecular flexibility index (Phi) is 5.93. The number of piperidine rings is 1.